The molecule has 0 atom stereocenters. The largest absolute Gasteiger partial charge is 0.435 e. The van der Waals surface area contributed by atoms with Crippen molar-refractivity contribution in [3.63, 3.8) is 0 Å². The van der Waals surface area contributed by atoms with Crippen molar-refractivity contribution in [1.29, 1.82) is 0 Å². The molecule has 198 valence electrons. The van der Waals surface area contributed by atoms with E-state index in [1.54, 1.807) is 4.72 Å². The van der Waals surface area contributed by atoms with E-state index < -0.39 is 71.4 Å². The molecule has 9 nitrogen and oxygen atoms in total. The maximum absolute atomic E-state index is 14.9. The van der Waals surface area contributed by atoms with E-state index in [4.69, 9.17) is 4.74 Å². The zero-order chi connectivity index (χ0) is 27.7. The summed E-state index contributed by atoms with van der Waals surface area (Å²) in [5, 5.41) is -0.514. The Morgan fingerprint density at radius 3 is 2.32 bits per heavy atom. The molecule has 15 heteroatoms. The summed E-state index contributed by atoms with van der Waals surface area (Å²) in [6, 6.07) is 9.38. The van der Waals surface area contributed by atoms with Crippen LogP contribution < -0.4 is 9.46 Å². The van der Waals surface area contributed by atoms with Gasteiger partial charge in [-0.15, -0.1) is 0 Å². The van der Waals surface area contributed by atoms with Gasteiger partial charge in [0.1, 0.15) is 11.5 Å². The van der Waals surface area contributed by atoms with Crippen molar-refractivity contribution in [3.8, 4) is 22.9 Å². The number of rotatable bonds is 8. The van der Waals surface area contributed by atoms with Crippen molar-refractivity contribution in [2.24, 2.45) is 0 Å². The molecule has 0 unspecified atom stereocenters. The topological polar surface area (TPSA) is 128 Å². The van der Waals surface area contributed by atoms with Crippen LogP contribution in [-0.2, 0) is 25.6 Å². The first-order valence-electron chi connectivity index (χ1n) is 10.4. The molecule has 0 fully saturated rings. The number of sulfone groups is 1. The van der Waals surface area contributed by atoms with Crippen LogP contribution in [0.5, 0.6) is 11.6 Å². The molecule has 0 saturated heterocycles. The number of pyridine rings is 1. The van der Waals surface area contributed by atoms with Crippen LogP contribution in [0.15, 0.2) is 66.1 Å². The maximum atomic E-state index is 14.9. The van der Waals surface area contributed by atoms with Crippen LogP contribution in [0.2, 0.25) is 0 Å². The first-order valence-corrected chi connectivity index (χ1v) is 14.0. The van der Waals surface area contributed by atoms with E-state index in [0.29, 0.717) is 6.07 Å². The molecule has 1 N–H and O–H groups in total. The highest BCUT2D eigenvalue weighted by Gasteiger charge is 2.26. The average molecular weight is 569 g/mol. The van der Waals surface area contributed by atoms with Gasteiger partial charge in [0.15, 0.2) is 17.4 Å². The van der Waals surface area contributed by atoms with Crippen LogP contribution in [0.1, 0.15) is 5.56 Å². The number of nitrogens with one attached hydrogen (secondary N) is 1. The molecule has 4 aromatic rings. The standard InChI is InChI=1S/C23H16F4N4O5S2/c1-37(32,33)23-29-10-8-17(30-23)14-6-4-9-28-22(14)36-18-11-16(25)21(20(27)19(18)26)31-38(34,35)12-13-5-2-3-7-15(13)24/h2-11,31H,12H2,1H3. The zero-order valence-electron chi connectivity index (χ0n) is 19.2. The van der Waals surface area contributed by atoms with Crippen LogP contribution >= 0.6 is 0 Å². The van der Waals surface area contributed by atoms with Gasteiger partial charge in [0, 0.05) is 30.3 Å². The Balaban J connectivity index is 1.66. The molecule has 0 radical (unpaired) electrons. The second kappa shape index (κ2) is 10.3. The quantitative estimate of drug-likeness (QED) is 0.190. The molecule has 4 rings (SSSR count). The van der Waals surface area contributed by atoms with Gasteiger partial charge in [0.25, 0.3) is 0 Å². The molecule has 2 aromatic carbocycles. The van der Waals surface area contributed by atoms with Gasteiger partial charge in [-0.05, 0) is 24.3 Å². The summed E-state index contributed by atoms with van der Waals surface area (Å²) in [5.41, 5.74) is -1.56. The minimum absolute atomic E-state index is 0.00222. The molecule has 0 aliphatic rings. The van der Waals surface area contributed by atoms with E-state index in [1.807, 2.05) is 0 Å². The van der Waals surface area contributed by atoms with Gasteiger partial charge in [0.05, 0.1) is 17.0 Å². The lowest BCUT2D eigenvalue weighted by Gasteiger charge is -2.14. The average Bonchev–Trinajstić information content (AvgIpc) is 2.86. The van der Waals surface area contributed by atoms with E-state index in [1.165, 1.54) is 42.6 Å². The number of anilines is 1. The fraction of sp³-hybridized carbons (Fsp3) is 0.0870. The lowest BCUT2D eigenvalue weighted by atomic mass is 10.2. The van der Waals surface area contributed by atoms with E-state index >= 15 is 0 Å². The summed E-state index contributed by atoms with van der Waals surface area (Å²) in [6.45, 7) is 0. The number of sulfonamides is 1. The van der Waals surface area contributed by atoms with Crippen LogP contribution in [-0.4, -0.2) is 38.0 Å². The van der Waals surface area contributed by atoms with E-state index in [2.05, 4.69) is 15.0 Å². The van der Waals surface area contributed by atoms with Crippen molar-refractivity contribution in [2.75, 3.05) is 11.0 Å². The van der Waals surface area contributed by atoms with Gasteiger partial charge < -0.3 is 4.74 Å². The van der Waals surface area contributed by atoms with Gasteiger partial charge in [0.2, 0.25) is 36.7 Å². The highest BCUT2D eigenvalue weighted by Crippen LogP contribution is 2.35. The number of hydrogen-bond acceptors (Lipinski definition) is 8. The molecule has 2 aromatic heterocycles. The van der Waals surface area contributed by atoms with E-state index in [0.717, 1.165) is 18.5 Å². The molecular formula is C23H16F4N4O5S2. The predicted molar refractivity (Wildman–Crippen MR) is 127 cm³/mol. The van der Waals surface area contributed by atoms with Crippen LogP contribution in [0, 0.1) is 23.3 Å². The molecule has 0 bridgehead atoms. The number of benzene rings is 2. The van der Waals surface area contributed by atoms with Gasteiger partial charge >= 0.3 is 0 Å². The molecular weight excluding hydrogens is 552 g/mol. The summed E-state index contributed by atoms with van der Waals surface area (Å²) in [7, 11) is -8.34. The smallest absolute Gasteiger partial charge is 0.247 e. The Morgan fingerprint density at radius 2 is 1.61 bits per heavy atom. The number of nitrogens with zero attached hydrogens (tertiary/aromatic N) is 3. The zero-order valence-corrected chi connectivity index (χ0v) is 20.8. The molecule has 38 heavy (non-hydrogen) atoms. The lowest BCUT2D eigenvalue weighted by Crippen LogP contribution is -2.18. The number of hydrogen-bond donors (Lipinski definition) is 1. The van der Waals surface area contributed by atoms with Crippen LogP contribution in [0.3, 0.4) is 0 Å². The summed E-state index contributed by atoms with van der Waals surface area (Å²) >= 11 is 0. The fourth-order valence-corrected chi connectivity index (χ4v) is 4.92. The minimum atomic E-state index is -4.56. The molecule has 2 heterocycles. The van der Waals surface area contributed by atoms with E-state index in [-0.39, 0.29) is 16.8 Å². The summed E-state index contributed by atoms with van der Waals surface area (Å²) in [6.07, 6.45) is 3.25. The molecule has 0 saturated carbocycles. The Kier molecular flexibility index (Phi) is 7.33. The molecule has 0 amide bonds. The van der Waals surface area contributed by atoms with Crippen molar-refractivity contribution in [3.05, 3.63) is 89.8 Å². The number of halogens is 4. The van der Waals surface area contributed by atoms with Crippen LogP contribution in [0.4, 0.5) is 23.2 Å². The number of ether oxygens (including phenoxy) is 1. The van der Waals surface area contributed by atoms with Crippen molar-refractivity contribution in [1.82, 2.24) is 15.0 Å². The third kappa shape index (κ3) is 5.89. The second-order valence-electron chi connectivity index (χ2n) is 7.77. The van der Waals surface area contributed by atoms with Gasteiger partial charge in [-0.25, -0.2) is 45.0 Å². The van der Waals surface area contributed by atoms with E-state index in [9.17, 15) is 34.4 Å². The SMILES string of the molecule is CS(=O)(=O)c1nccc(-c2cccnc2Oc2cc(F)c(NS(=O)(=O)Cc3ccccc3F)c(F)c2F)n1. The molecule has 0 aliphatic carbocycles. The minimum Gasteiger partial charge on any atom is -0.435 e. The third-order valence-corrected chi connectivity index (χ3v) is 6.97. The Bertz CT molecular complexity index is 1750. The van der Waals surface area contributed by atoms with Gasteiger partial charge in [-0.1, -0.05) is 18.2 Å². The lowest BCUT2D eigenvalue weighted by molar-refractivity contribution is 0.401. The van der Waals surface area contributed by atoms with Crippen molar-refractivity contribution >= 4 is 25.5 Å². The highest BCUT2D eigenvalue weighted by molar-refractivity contribution is 7.92. The Hall–Kier alpha value is -4.11. The molecule has 0 aliphatic heterocycles. The molecule has 0 spiro atoms. The summed E-state index contributed by atoms with van der Waals surface area (Å²) < 4.78 is 113. The fourth-order valence-electron chi connectivity index (χ4n) is 3.19. The van der Waals surface area contributed by atoms with Crippen molar-refractivity contribution in [2.45, 2.75) is 10.9 Å². The van der Waals surface area contributed by atoms with Gasteiger partial charge in [-0.3, -0.25) is 4.72 Å². The first-order chi connectivity index (χ1) is 17.9. The summed E-state index contributed by atoms with van der Waals surface area (Å²) in [5.74, 6) is -8.42. The monoisotopic (exact) mass is 568 g/mol. The summed E-state index contributed by atoms with van der Waals surface area (Å²) in [4.78, 5) is 11.5. The normalized spacial score (nSPS) is 11.8. The third-order valence-electron chi connectivity index (χ3n) is 4.90. The number of aromatic nitrogens is 3. The second-order valence-corrected chi connectivity index (χ2v) is 11.4. The van der Waals surface area contributed by atoms with Gasteiger partial charge in [-0.2, -0.15) is 4.39 Å². The van der Waals surface area contributed by atoms with Crippen molar-refractivity contribution < 1.29 is 39.1 Å². The Labute approximate surface area is 214 Å². The first kappa shape index (κ1) is 26.9. The van der Waals surface area contributed by atoms with Crippen LogP contribution in [0.25, 0.3) is 11.3 Å². The highest BCUT2D eigenvalue weighted by atomic mass is 32.2. The predicted octanol–water partition coefficient (Wildman–Crippen LogP) is 4.23. The maximum Gasteiger partial charge on any atom is 0.247 e. The Morgan fingerprint density at radius 1 is 0.868 bits per heavy atom.